The lowest BCUT2D eigenvalue weighted by molar-refractivity contribution is 0.199. The molecule has 1 N–H and O–H groups in total. The predicted molar refractivity (Wildman–Crippen MR) is 76.9 cm³/mol. The second-order valence-corrected chi connectivity index (χ2v) is 5.89. The summed E-state index contributed by atoms with van der Waals surface area (Å²) in [6.45, 7) is 3.95. The Hall–Kier alpha value is -1.09. The predicted octanol–water partition coefficient (Wildman–Crippen LogP) is 3.89. The molecule has 1 aliphatic rings. The van der Waals surface area contributed by atoms with E-state index in [1.807, 2.05) is 18.0 Å². The smallest absolute Gasteiger partial charge is 0.146 e. The van der Waals surface area contributed by atoms with Gasteiger partial charge in [-0.15, -0.1) is 0 Å². The highest BCUT2D eigenvalue weighted by Crippen LogP contribution is 2.34. The molecule has 3 unspecified atom stereocenters. The number of aliphatic hydroxyl groups excluding tert-OH is 1. The van der Waals surface area contributed by atoms with Gasteiger partial charge in [-0.25, -0.2) is 4.39 Å². The van der Waals surface area contributed by atoms with Gasteiger partial charge in [0.1, 0.15) is 5.82 Å². The molecule has 106 valence electrons. The van der Waals surface area contributed by atoms with E-state index in [0.29, 0.717) is 23.2 Å². The maximum atomic E-state index is 14.2. The molecule has 0 spiro atoms. The van der Waals surface area contributed by atoms with Crippen molar-refractivity contribution in [1.82, 2.24) is 0 Å². The summed E-state index contributed by atoms with van der Waals surface area (Å²) in [4.78, 5) is 2.03. The Labute approximate surface area is 115 Å². The summed E-state index contributed by atoms with van der Waals surface area (Å²) in [7, 11) is 1.95. The molecule has 3 atom stereocenters. The van der Waals surface area contributed by atoms with Gasteiger partial charge >= 0.3 is 0 Å². The monoisotopic (exact) mass is 265 g/mol. The van der Waals surface area contributed by atoms with Gasteiger partial charge in [-0.05, 0) is 31.7 Å². The van der Waals surface area contributed by atoms with Crippen LogP contribution < -0.4 is 4.90 Å². The molecular weight excluding hydrogens is 241 g/mol. The normalized spacial score (nSPS) is 25.1. The summed E-state index contributed by atoms with van der Waals surface area (Å²) < 4.78 is 14.2. The largest absolute Gasteiger partial charge is 0.389 e. The molecule has 1 aliphatic carbocycles. The molecule has 0 aliphatic heterocycles. The molecule has 3 heteroatoms. The lowest BCUT2D eigenvalue weighted by Gasteiger charge is -2.37. The highest BCUT2D eigenvalue weighted by Gasteiger charge is 2.26. The van der Waals surface area contributed by atoms with Gasteiger partial charge in [-0.3, -0.25) is 0 Å². The van der Waals surface area contributed by atoms with Crippen molar-refractivity contribution < 1.29 is 9.50 Å². The van der Waals surface area contributed by atoms with Crippen molar-refractivity contribution in [2.45, 2.75) is 51.7 Å². The SMILES string of the molecule is CC1CCCC(N(C)c2c(F)cccc2C(C)O)C1. The molecule has 2 rings (SSSR count). The van der Waals surface area contributed by atoms with Crippen LogP contribution in [0.1, 0.15) is 51.2 Å². The van der Waals surface area contributed by atoms with Crippen molar-refractivity contribution in [2.75, 3.05) is 11.9 Å². The van der Waals surface area contributed by atoms with Crippen LogP contribution in [-0.4, -0.2) is 18.2 Å². The maximum absolute atomic E-state index is 14.2. The standard InChI is InChI=1S/C16H24FNO/c1-11-6-4-7-13(10-11)18(3)16-14(12(2)19)8-5-9-15(16)17/h5,8-9,11-13,19H,4,6-7,10H2,1-3H3. The Morgan fingerprint density at radius 2 is 2.11 bits per heavy atom. The van der Waals surface area contributed by atoms with Crippen molar-refractivity contribution in [3.63, 3.8) is 0 Å². The molecule has 0 saturated heterocycles. The van der Waals surface area contributed by atoms with Crippen molar-refractivity contribution in [1.29, 1.82) is 0 Å². The zero-order valence-electron chi connectivity index (χ0n) is 12.1. The summed E-state index contributed by atoms with van der Waals surface area (Å²) in [6.07, 6.45) is 4.03. The zero-order valence-corrected chi connectivity index (χ0v) is 12.1. The summed E-state index contributed by atoms with van der Waals surface area (Å²) in [5.41, 5.74) is 1.25. The fourth-order valence-electron chi connectivity index (χ4n) is 3.18. The van der Waals surface area contributed by atoms with Crippen molar-refractivity contribution in [3.8, 4) is 0 Å². The van der Waals surface area contributed by atoms with Gasteiger partial charge in [-0.2, -0.15) is 0 Å². The van der Waals surface area contributed by atoms with Crippen LogP contribution in [0.25, 0.3) is 0 Å². The number of nitrogens with zero attached hydrogens (tertiary/aromatic N) is 1. The Morgan fingerprint density at radius 1 is 1.37 bits per heavy atom. The molecule has 19 heavy (non-hydrogen) atoms. The van der Waals surface area contributed by atoms with Crippen LogP contribution in [0.3, 0.4) is 0 Å². The Morgan fingerprint density at radius 3 is 2.74 bits per heavy atom. The first-order chi connectivity index (χ1) is 9.00. The van der Waals surface area contributed by atoms with Crippen LogP contribution >= 0.6 is 0 Å². The summed E-state index contributed by atoms with van der Waals surface area (Å²) in [5, 5.41) is 9.83. The average molecular weight is 265 g/mol. The number of hydrogen-bond acceptors (Lipinski definition) is 2. The molecule has 1 aromatic rings. The molecule has 0 radical (unpaired) electrons. The molecule has 1 fully saturated rings. The third-order valence-corrected chi connectivity index (χ3v) is 4.28. The van der Waals surface area contributed by atoms with Crippen LogP contribution in [0.5, 0.6) is 0 Å². The average Bonchev–Trinajstić information content (AvgIpc) is 2.37. The number of anilines is 1. The quantitative estimate of drug-likeness (QED) is 0.896. The highest BCUT2D eigenvalue weighted by atomic mass is 19.1. The molecule has 0 heterocycles. The second kappa shape index (κ2) is 5.91. The first-order valence-corrected chi connectivity index (χ1v) is 7.20. The number of halogens is 1. The Balaban J connectivity index is 2.29. The van der Waals surface area contributed by atoms with Gasteiger partial charge in [0, 0.05) is 18.7 Å². The fraction of sp³-hybridized carbons (Fsp3) is 0.625. The van der Waals surface area contributed by atoms with Crippen LogP contribution in [-0.2, 0) is 0 Å². The number of rotatable bonds is 3. The Bertz CT molecular complexity index is 433. The molecule has 0 aromatic heterocycles. The van der Waals surface area contributed by atoms with E-state index in [2.05, 4.69) is 6.92 Å². The van der Waals surface area contributed by atoms with Gasteiger partial charge < -0.3 is 10.0 Å². The summed E-state index contributed by atoms with van der Waals surface area (Å²) >= 11 is 0. The highest BCUT2D eigenvalue weighted by molar-refractivity contribution is 5.56. The number of para-hydroxylation sites is 1. The van der Waals surface area contributed by atoms with Gasteiger partial charge in [0.15, 0.2) is 0 Å². The van der Waals surface area contributed by atoms with Crippen LogP contribution in [0.2, 0.25) is 0 Å². The van der Waals surface area contributed by atoms with E-state index in [1.54, 1.807) is 13.0 Å². The summed E-state index contributed by atoms with van der Waals surface area (Å²) in [5.74, 6) is 0.460. The molecule has 1 aromatic carbocycles. The maximum Gasteiger partial charge on any atom is 0.146 e. The van der Waals surface area contributed by atoms with Crippen molar-refractivity contribution in [3.05, 3.63) is 29.6 Å². The van der Waals surface area contributed by atoms with Crippen molar-refractivity contribution in [2.24, 2.45) is 5.92 Å². The van der Waals surface area contributed by atoms with E-state index in [4.69, 9.17) is 0 Å². The minimum Gasteiger partial charge on any atom is -0.389 e. The minimum atomic E-state index is -0.644. The van der Waals surface area contributed by atoms with E-state index < -0.39 is 6.10 Å². The topological polar surface area (TPSA) is 23.5 Å². The number of aliphatic hydroxyl groups is 1. The molecule has 0 bridgehead atoms. The summed E-state index contributed by atoms with van der Waals surface area (Å²) in [6, 6.07) is 5.33. The molecular formula is C16H24FNO. The minimum absolute atomic E-state index is 0.237. The van der Waals surface area contributed by atoms with Crippen LogP contribution in [0, 0.1) is 11.7 Å². The zero-order chi connectivity index (χ0) is 14.0. The molecule has 2 nitrogen and oxygen atoms in total. The first-order valence-electron chi connectivity index (χ1n) is 7.20. The van der Waals surface area contributed by atoms with Gasteiger partial charge in [0.25, 0.3) is 0 Å². The van der Waals surface area contributed by atoms with Gasteiger partial charge in [0.05, 0.1) is 11.8 Å². The fourth-order valence-corrected chi connectivity index (χ4v) is 3.18. The van der Waals surface area contributed by atoms with E-state index in [-0.39, 0.29) is 5.82 Å². The van der Waals surface area contributed by atoms with Gasteiger partial charge in [-0.1, -0.05) is 31.9 Å². The molecule has 1 saturated carbocycles. The van der Waals surface area contributed by atoms with Gasteiger partial charge in [0.2, 0.25) is 0 Å². The lowest BCUT2D eigenvalue weighted by atomic mass is 9.86. The second-order valence-electron chi connectivity index (χ2n) is 5.89. The van der Waals surface area contributed by atoms with E-state index in [0.717, 1.165) is 12.8 Å². The first kappa shape index (κ1) is 14.3. The van der Waals surface area contributed by atoms with E-state index in [9.17, 15) is 9.50 Å². The Kier molecular flexibility index (Phi) is 4.46. The van der Waals surface area contributed by atoms with Crippen LogP contribution in [0.4, 0.5) is 10.1 Å². The van der Waals surface area contributed by atoms with Crippen LogP contribution in [0.15, 0.2) is 18.2 Å². The van der Waals surface area contributed by atoms with E-state index >= 15 is 0 Å². The van der Waals surface area contributed by atoms with E-state index in [1.165, 1.54) is 18.9 Å². The third-order valence-electron chi connectivity index (χ3n) is 4.28. The third kappa shape index (κ3) is 3.08. The number of hydrogen-bond donors (Lipinski definition) is 1. The lowest BCUT2D eigenvalue weighted by Crippen LogP contribution is -2.36. The number of benzene rings is 1. The molecule has 0 amide bonds. The van der Waals surface area contributed by atoms with Crippen molar-refractivity contribution >= 4 is 5.69 Å².